The summed E-state index contributed by atoms with van der Waals surface area (Å²) in [6.07, 6.45) is 0. The number of anilines is 2. The lowest BCUT2D eigenvalue weighted by molar-refractivity contribution is 0.415. The summed E-state index contributed by atoms with van der Waals surface area (Å²) in [6.45, 7) is 0. The lowest BCUT2D eigenvalue weighted by atomic mass is 10.3. The molecule has 0 aromatic heterocycles. The van der Waals surface area contributed by atoms with Crippen LogP contribution in [0, 0.1) is 0 Å². The first-order valence-corrected chi connectivity index (χ1v) is 9.41. The fourth-order valence-electron chi connectivity index (χ4n) is 1.94. The van der Waals surface area contributed by atoms with Gasteiger partial charge in [-0.25, -0.2) is 12.7 Å². The van der Waals surface area contributed by atoms with Gasteiger partial charge in [0.05, 0.1) is 12.1 Å². The first kappa shape index (κ1) is 19.5. The zero-order chi connectivity index (χ0) is 18.6. The Bertz CT molecular complexity index is 869. The molecule has 0 aliphatic heterocycles. The molecule has 0 aliphatic carbocycles. The Morgan fingerprint density at radius 2 is 1.64 bits per heavy atom. The third-order valence-corrected chi connectivity index (χ3v) is 5.80. The summed E-state index contributed by atoms with van der Waals surface area (Å²) < 4.78 is 30.8. The van der Waals surface area contributed by atoms with Crippen LogP contribution >= 0.6 is 23.8 Å². The van der Waals surface area contributed by atoms with E-state index in [9.17, 15) is 8.42 Å². The Labute approximate surface area is 157 Å². The van der Waals surface area contributed by atoms with Crippen LogP contribution in [0.2, 0.25) is 5.02 Å². The van der Waals surface area contributed by atoms with Crippen molar-refractivity contribution in [3.8, 4) is 5.75 Å². The van der Waals surface area contributed by atoms with Crippen LogP contribution in [0.4, 0.5) is 11.4 Å². The normalized spacial score (nSPS) is 11.2. The van der Waals surface area contributed by atoms with Crippen molar-refractivity contribution in [3.63, 3.8) is 0 Å². The van der Waals surface area contributed by atoms with E-state index in [1.165, 1.54) is 26.2 Å². The van der Waals surface area contributed by atoms with E-state index in [-0.39, 0.29) is 9.92 Å². The topological polar surface area (TPSA) is 70.7 Å². The van der Waals surface area contributed by atoms with Crippen LogP contribution < -0.4 is 15.4 Å². The molecule has 25 heavy (non-hydrogen) atoms. The lowest BCUT2D eigenvalue weighted by Crippen LogP contribution is -2.23. The van der Waals surface area contributed by atoms with Crippen LogP contribution in [0.1, 0.15) is 0 Å². The van der Waals surface area contributed by atoms with Crippen molar-refractivity contribution in [1.29, 1.82) is 0 Å². The molecule has 0 amide bonds. The minimum Gasteiger partial charge on any atom is -0.497 e. The predicted octanol–water partition coefficient (Wildman–Crippen LogP) is 3.41. The van der Waals surface area contributed by atoms with Gasteiger partial charge >= 0.3 is 0 Å². The van der Waals surface area contributed by atoms with Crippen LogP contribution in [0.3, 0.4) is 0 Å². The van der Waals surface area contributed by atoms with Crippen LogP contribution in [0.25, 0.3) is 0 Å². The molecular weight excluding hydrogens is 382 g/mol. The molecule has 2 aromatic rings. The monoisotopic (exact) mass is 399 g/mol. The summed E-state index contributed by atoms with van der Waals surface area (Å²) >= 11 is 11.3. The molecule has 2 aromatic carbocycles. The average Bonchev–Trinajstić information content (AvgIpc) is 2.57. The van der Waals surface area contributed by atoms with E-state index < -0.39 is 10.0 Å². The summed E-state index contributed by atoms with van der Waals surface area (Å²) in [7, 11) is 0.835. The minimum absolute atomic E-state index is 0.0106. The van der Waals surface area contributed by atoms with Crippen molar-refractivity contribution in [2.45, 2.75) is 4.90 Å². The molecule has 0 fully saturated rings. The summed E-state index contributed by atoms with van der Waals surface area (Å²) in [6, 6.07) is 11.8. The molecule has 2 rings (SSSR count). The zero-order valence-corrected chi connectivity index (χ0v) is 16.3. The van der Waals surface area contributed by atoms with Crippen molar-refractivity contribution in [3.05, 3.63) is 47.5 Å². The van der Waals surface area contributed by atoms with E-state index in [4.69, 9.17) is 28.6 Å². The molecule has 0 saturated heterocycles. The quantitative estimate of drug-likeness (QED) is 0.751. The van der Waals surface area contributed by atoms with Crippen LogP contribution in [-0.4, -0.2) is 39.0 Å². The standard InChI is InChI=1S/C16H18ClN3O3S2/c1-20(2)25(21,22)15-10-12(6-9-14(15)17)19-16(24)18-11-4-7-13(23-3)8-5-11/h4-10H,1-3H3,(H2,18,19,24). The highest BCUT2D eigenvalue weighted by molar-refractivity contribution is 7.89. The third-order valence-electron chi connectivity index (χ3n) is 3.30. The molecule has 6 nitrogen and oxygen atoms in total. The van der Waals surface area contributed by atoms with Gasteiger partial charge in [-0.15, -0.1) is 0 Å². The molecule has 134 valence electrons. The summed E-state index contributed by atoms with van der Waals surface area (Å²) in [5.41, 5.74) is 1.28. The highest BCUT2D eigenvalue weighted by Gasteiger charge is 2.21. The maximum atomic E-state index is 12.3. The van der Waals surface area contributed by atoms with E-state index in [0.29, 0.717) is 10.8 Å². The fourth-order valence-corrected chi connectivity index (χ4v) is 3.57. The van der Waals surface area contributed by atoms with E-state index in [0.717, 1.165) is 15.7 Å². The number of thiocarbonyl (C=S) groups is 1. The van der Waals surface area contributed by atoms with Gasteiger partial charge in [-0.05, 0) is 54.7 Å². The highest BCUT2D eigenvalue weighted by atomic mass is 35.5. The van der Waals surface area contributed by atoms with Crippen molar-refractivity contribution in [2.75, 3.05) is 31.8 Å². The highest BCUT2D eigenvalue weighted by Crippen LogP contribution is 2.27. The van der Waals surface area contributed by atoms with Gasteiger partial charge in [0.1, 0.15) is 10.6 Å². The van der Waals surface area contributed by atoms with Gasteiger partial charge in [0.25, 0.3) is 0 Å². The van der Waals surface area contributed by atoms with Gasteiger partial charge in [-0.1, -0.05) is 11.6 Å². The minimum atomic E-state index is -3.65. The number of halogens is 1. The Kier molecular flexibility index (Phi) is 6.23. The molecule has 0 spiro atoms. The number of nitrogens with one attached hydrogen (secondary N) is 2. The van der Waals surface area contributed by atoms with Gasteiger partial charge in [0, 0.05) is 25.5 Å². The van der Waals surface area contributed by atoms with E-state index in [1.807, 2.05) is 12.1 Å². The van der Waals surface area contributed by atoms with Gasteiger partial charge < -0.3 is 15.4 Å². The number of nitrogens with zero attached hydrogens (tertiary/aromatic N) is 1. The van der Waals surface area contributed by atoms with Crippen molar-refractivity contribution >= 4 is 50.3 Å². The number of rotatable bonds is 5. The molecule has 2 N–H and O–H groups in total. The number of methoxy groups -OCH3 is 1. The second kappa shape index (κ2) is 8.01. The third kappa shape index (κ3) is 4.82. The Morgan fingerprint density at radius 3 is 2.20 bits per heavy atom. The largest absolute Gasteiger partial charge is 0.497 e. The van der Waals surface area contributed by atoms with E-state index in [1.54, 1.807) is 25.3 Å². The number of benzene rings is 2. The lowest BCUT2D eigenvalue weighted by Gasteiger charge is -2.15. The Hall–Kier alpha value is -1.87. The molecule has 9 heteroatoms. The predicted molar refractivity (Wildman–Crippen MR) is 105 cm³/mol. The first-order valence-electron chi connectivity index (χ1n) is 7.18. The van der Waals surface area contributed by atoms with Gasteiger partial charge in [0.2, 0.25) is 10.0 Å². The molecule has 0 radical (unpaired) electrons. The first-order chi connectivity index (χ1) is 11.7. The fraction of sp³-hybridized carbons (Fsp3) is 0.188. The van der Waals surface area contributed by atoms with Crippen LogP contribution in [0.15, 0.2) is 47.4 Å². The zero-order valence-electron chi connectivity index (χ0n) is 13.9. The number of sulfonamides is 1. The smallest absolute Gasteiger partial charge is 0.244 e. The van der Waals surface area contributed by atoms with Gasteiger partial charge in [-0.2, -0.15) is 0 Å². The number of hydrogen-bond donors (Lipinski definition) is 2. The van der Waals surface area contributed by atoms with Crippen LogP contribution in [-0.2, 0) is 10.0 Å². The molecule has 0 saturated carbocycles. The van der Waals surface area contributed by atoms with Gasteiger partial charge in [0.15, 0.2) is 5.11 Å². The van der Waals surface area contributed by atoms with Crippen molar-refractivity contribution in [1.82, 2.24) is 4.31 Å². The summed E-state index contributed by atoms with van der Waals surface area (Å²) in [5.74, 6) is 0.737. The van der Waals surface area contributed by atoms with Crippen molar-refractivity contribution in [2.24, 2.45) is 0 Å². The number of hydrogen-bond acceptors (Lipinski definition) is 4. The molecular formula is C16H18ClN3O3S2. The maximum Gasteiger partial charge on any atom is 0.244 e. The van der Waals surface area contributed by atoms with Crippen LogP contribution in [0.5, 0.6) is 5.75 Å². The second-order valence-corrected chi connectivity index (χ2v) is 8.18. The van der Waals surface area contributed by atoms with E-state index in [2.05, 4.69) is 10.6 Å². The number of ether oxygens (including phenoxy) is 1. The average molecular weight is 400 g/mol. The molecule has 0 heterocycles. The Morgan fingerprint density at radius 1 is 1.08 bits per heavy atom. The van der Waals surface area contributed by atoms with Crippen molar-refractivity contribution < 1.29 is 13.2 Å². The molecule has 0 aliphatic rings. The molecule has 0 unspecified atom stereocenters. The molecule has 0 bridgehead atoms. The SMILES string of the molecule is COc1ccc(NC(=S)Nc2ccc(Cl)c(S(=O)(=O)N(C)C)c2)cc1. The summed E-state index contributed by atoms with van der Waals surface area (Å²) in [5, 5.41) is 6.42. The van der Waals surface area contributed by atoms with Gasteiger partial charge in [-0.3, -0.25) is 0 Å². The second-order valence-electron chi connectivity index (χ2n) is 5.24. The Balaban J connectivity index is 2.15. The molecule has 0 atom stereocenters. The van der Waals surface area contributed by atoms with E-state index >= 15 is 0 Å². The summed E-state index contributed by atoms with van der Waals surface area (Å²) in [4.78, 5) is 0.0106. The maximum absolute atomic E-state index is 12.3.